The Bertz CT molecular complexity index is 1120. The Balaban J connectivity index is 1.66. The zero-order valence-electron chi connectivity index (χ0n) is 14.9. The molecule has 4 aromatic rings. The lowest BCUT2D eigenvalue weighted by atomic mass is 10.1. The summed E-state index contributed by atoms with van der Waals surface area (Å²) in [6.45, 7) is 3.89. The Morgan fingerprint density at radius 3 is 2.67 bits per heavy atom. The Morgan fingerprint density at radius 2 is 1.89 bits per heavy atom. The number of furan rings is 1. The minimum absolute atomic E-state index is 0.246. The van der Waals surface area contributed by atoms with Gasteiger partial charge in [-0.1, -0.05) is 59.5 Å². The number of nitrogens with one attached hydrogen (secondary N) is 1. The van der Waals surface area contributed by atoms with Crippen LogP contribution in [-0.2, 0) is 5.75 Å². The lowest BCUT2D eigenvalue weighted by Gasteiger charge is -2.07. The molecule has 136 valence electrons. The average Bonchev–Trinajstić information content (AvgIpc) is 3.25. The van der Waals surface area contributed by atoms with Crippen LogP contribution in [-0.4, -0.2) is 16.1 Å². The average molecular weight is 396 g/mol. The first-order valence-corrected chi connectivity index (χ1v) is 10.2. The third-order valence-electron chi connectivity index (χ3n) is 4.15. The Labute approximate surface area is 164 Å². The molecule has 0 unspecified atom stereocenters. The van der Waals surface area contributed by atoms with E-state index in [2.05, 4.69) is 15.5 Å². The highest BCUT2D eigenvalue weighted by Gasteiger charge is 2.21. The fourth-order valence-electron chi connectivity index (χ4n) is 2.79. The smallest absolute Gasteiger partial charge is 0.291 e. The maximum absolute atomic E-state index is 12.9. The van der Waals surface area contributed by atoms with Gasteiger partial charge in [0.2, 0.25) is 0 Å². The Morgan fingerprint density at radius 1 is 1.11 bits per heavy atom. The molecule has 27 heavy (non-hydrogen) atoms. The standard InChI is InChI=1S/C20H17N3O2S2/c1-12-7-3-5-9-16(12)21-19(24)18-15(11-26-20-23-22-13(2)27-20)14-8-4-6-10-17(14)25-18/h3-10H,11H2,1-2H3,(H,21,24). The molecule has 7 heteroatoms. The predicted octanol–water partition coefficient (Wildman–Crippen LogP) is 5.45. The van der Waals surface area contributed by atoms with Crippen molar-refractivity contribution < 1.29 is 9.21 Å². The van der Waals surface area contributed by atoms with E-state index in [1.165, 1.54) is 0 Å². The van der Waals surface area contributed by atoms with E-state index in [1.807, 2.05) is 62.4 Å². The van der Waals surface area contributed by atoms with Gasteiger partial charge in [-0.05, 0) is 31.5 Å². The van der Waals surface area contributed by atoms with Gasteiger partial charge in [0, 0.05) is 22.4 Å². The van der Waals surface area contributed by atoms with E-state index >= 15 is 0 Å². The number of rotatable bonds is 5. The number of benzene rings is 2. The summed E-state index contributed by atoms with van der Waals surface area (Å²) in [4.78, 5) is 12.9. The second kappa shape index (κ2) is 7.54. The Hall–Kier alpha value is -2.64. The zero-order chi connectivity index (χ0) is 18.8. The number of amides is 1. The number of aromatic nitrogens is 2. The van der Waals surface area contributed by atoms with Crippen LogP contribution in [0.3, 0.4) is 0 Å². The van der Waals surface area contributed by atoms with Crippen LogP contribution in [0, 0.1) is 13.8 Å². The third-order valence-corrected chi connectivity index (χ3v) is 6.14. The number of thioether (sulfide) groups is 1. The monoisotopic (exact) mass is 395 g/mol. The van der Waals surface area contributed by atoms with E-state index < -0.39 is 0 Å². The van der Waals surface area contributed by atoms with E-state index in [-0.39, 0.29) is 5.91 Å². The van der Waals surface area contributed by atoms with Crippen molar-refractivity contribution in [3.05, 3.63) is 70.4 Å². The van der Waals surface area contributed by atoms with Gasteiger partial charge < -0.3 is 9.73 Å². The highest BCUT2D eigenvalue weighted by atomic mass is 32.2. The largest absolute Gasteiger partial charge is 0.451 e. The van der Waals surface area contributed by atoms with Crippen molar-refractivity contribution in [2.24, 2.45) is 0 Å². The van der Waals surface area contributed by atoms with Gasteiger partial charge in [-0.2, -0.15) is 0 Å². The molecule has 0 bridgehead atoms. The number of anilines is 1. The molecular formula is C20H17N3O2S2. The molecule has 0 spiro atoms. The van der Waals surface area contributed by atoms with Gasteiger partial charge in [0.25, 0.3) is 5.91 Å². The molecular weight excluding hydrogens is 378 g/mol. The van der Waals surface area contributed by atoms with Crippen LogP contribution in [0.5, 0.6) is 0 Å². The fraction of sp³-hybridized carbons (Fsp3) is 0.150. The van der Waals surface area contributed by atoms with Crippen LogP contribution < -0.4 is 5.32 Å². The number of fused-ring (bicyclic) bond motifs is 1. The quantitative estimate of drug-likeness (QED) is 0.455. The number of carbonyl (C=O) groups is 1. The topological polar surface area (TPSA) is 68.0 Å². The fourth-order valence-corrected chi connectivity index (χ4v) is 4.63. The maximum Gasteiger partial charge on any atom is 0.291 e. The molecule has 1 N–H and O–H groups in total. The molecule has 2 heterocycles. The van der Waals surface area contributed by atoms with Crippen molar-refractivity contribution >= 4 is 45.7 Å². The molecule has 2 aromatic carbocycles. The molecule has 1 amide bonds. The first kappa shape index (κ1) is 17.8. The van der Waals surface area contributed by atoms with Crippen molar-refractivity contribution in [3.63, 3.8) is 0 Å². The van der Waals surface area contributed by atoms with Crippen LogP contribution in [0.4, 0.5) is 5.69 Å². The highest BCUT2D eigenvalue weighted by Crippen LogP contribution is 2.33. The van der Waals surface area contributed by atoms with E-state index in [0.717, 1.165) is 31.5 Å². The van der Waals surface area contributed by atoms with Gasteiger partial charge in [0.15, 0.2) is 10.1 Å². The summed E-state index contributed by atoms with van der Waals surface area (Å²) in [6, 6.07) is 15.4. The van der Waals surface area contributed by atoms with Crippen LogP contribution >= 0.6 is 23.1 Å². The number of aryl methyl sites for hydroxylation is 2. The molecule has 2 aromatic heterocycles. The summed E-state index contributed by atoms with van der Waals surface area (Å²) in [7, 11) is 0. The first-order chi connectivity index (χ1) is 13.1. The van der Waals surface area contributed by atoms with Gasteiger partial charge in [-0.25, -0.2) is 0 Å². The van der Waals surface area contributed by atoms with Gasteiger partial charge in [0.1, 0.15) is 10.6 Å². The molecule has 0 radical (unpaired) electrons. The second-order valence-corrected chi connectivity index (χ2v) is 8.45. The molecule has 0 aliphatic heterocycles. The molecule has 0 saturated heterocycles. The number of carbonyl (C=O) groups excluding carboxylic acids is 1. The summed E-state index contributed by atoms with van der Waals surface area (Å²) < 4.78 is 6.79. The lowest BCUT2D eigenvalue weighted by Crippen LogP contribution is -2.13. The second-order valence-electron chi connectivity index (χ2n) is 6.05. The Kier molecular flexibility index (Phi) is 4.96. The van der Waals surface area contributed by atoms with Gasteiger partial charge in [-0.3, -0.25) is 4.79 Å². The van der Waals surface area contributed by atoms with Crippen molar-refractivity contribution in [1.82, 2.24) is 10.2 Å². The third kappa shape index (κ3) is 3.74. The van der Waals surface area contributed by atoms with Gasteiger partial charge in [-0.15, -0.1) is 10.2 Å². The summed E-state index contributed by atoms with van der Waals surface area (Å²) >= 11 is 3.10. The van der Waals surface area contributed by atoms with E-state index in [9.17, 15) is 4.79 Å². The van der Waals surface area contributed by atoms with Crippen LogP contribution in [0.2, 0.25) is 0 Å². The normalized spacial score (nSPS) is 11.0. The lowest BCUT2D eigenvalue weighted by molar-refractivity contribution is 0.0997. The van der Waals surface area contributed by atoms with Crippen molar-refractivity contribution in [1.29, 1.82) is 0 Å². The zero-order valence-corrected chi connectivity index (χ0v) is 16.5. The summed E-state index contributed by atoms with van der Waals surface area (Å²) in [6.07, 6.45) is 0. The summed E-state index contributed by atoms with van der Waals surface area (Å²) in [5.74, 6) is 0.681. The SMILES string of the molecule is Cc1nnc(SCc2c(C(=O)Nc3ccccc3C)oc3ccccc23)s1. The molecule has 0 aliphatic rings. The molecule has 0 saturated carbocycles. The van der Waals surface area contributed by atoms with E-state index in [1.54, 1.807) is 23.1 Å². The highest BCUT2D eigenvalue weighted by molar-refractivity contribution is 8.00. The minimum Gasteiger partial charge on any atom is -0.451 e. The summed E-state index contributed by atoms with van der Waals surface area (Å²) in [5.41, 5.74) is 3.36. The molecule has 0 aliphatic carbocycles. The van der Waals surface area contributed by atoms with Crippen molar-refractivity contribution in [2.45, 2.75) is 23.9 Å². The van der Waals surface area contributed by atoms with E-state index in [4.69, 9.17) is 4.42 Å². The minimum atomic E-state index is -0.246. The van der Waals surface area contributed by atoms with Crippen LogP contribution in [0.25, 0.3) is 11.0 Å². The number of hydrogen-bond acceptors (Lipinski definition) is 6. The molecule has 0 atom stereocenters. The number of para-hydroxylation sites is 2. The first-order valence-electron chi connectivity index (χ1n) is 8.42. The predicted molar refractivity (Wildman–Crippen MR) is 110 cm³/mol. The van der Waals surface area contributed by atoms with Crippen LogP contribution in [0.1, 0.15) is 26.7 Å². The van der Waals surface area contributed by atoms with Crippen LogP contribution in [0.15, 0.2) is 57.3 Å². The maximum atomic E-state index is 12.9. The number of nitrogens with zero attached hydrogens (tertiary/aromatic N) is 2. The molecule has 5 nitrogen and oxygen atoms in total. The van der Waals surface area contributed by atoms with Gasteiger partial charge >= 0.3 is 0 Å². The van der Waals surface area contributed by atoms with E-state index in [0.29, 0.717) is 17.1 Å². The summed E-state index contributed by atoms with van der Waals surface area (Å²) in [5, 5.41) is 13.0. The molecule has 4 rings (SSSR count). The number of hydrogen-bond donors (Lipinski definition) is 1. The van der Waals surface area contributed by atoms with Crippen molar-refractivity contribution in [2.75, 3.05) is 5.32 Å². The molecule has 0 fully saturated rings. The van der Waals surface area contributed by atoms with Gasteiger partial charge in [0.05, 0.1) is 0 Å². The van der Waals surface area contributed by atoms with Crippen molar-refractivity contribution in [3.8, 4) is 0 Å².